The second-order valence-corrected chi connectivity index (χ2v) is 18.0. The lowest BCUT2D eigenvalue weighted by Gasteiger charge is -2.39. The van der Waals surface area contributed by atoms with Gasteiger partial charge in [0.25, 0.3) is 0 Å². The molecule has 0 radical (unpaired) electrons. The average Bonchev–Trinajstić information content (AvgIpc) is 3.67. The van der Waals surface area contributed by atoms with Crippen molar-refractivity contribution in [3.63, 3.8) is 0 Å². The van der Waals surface area contributed by atoms with Crippen LogP contribution in [0.4, 0.5) is 10.2 Å². The number of hydrogen-bond donors (Lipinski definition) is 1. The molecule has 0 spiro atoms. The predicted molar refractivity (Wildman–Crippen MR) is 158 cm³/mol. The molecule has 3 aromatic rings. The monoisotopic (exact) mass is 622 g/mol. The number of hydrogen-bond acceptors (Lipinski definition) is 9. The van der Waals surface area contributed by atoms with Crippen LogP contribution in [0.3, 0.4) is 0 Å². The zero-order valence-corrected chi connectivity index (χ0v) is 26.8. The summed E-state index contributed by atoms with van der Waals surface area (Å²) in [5.41, 5.74) is 1.40. The van der Waals surface area contributed by atoms with Crippen molar-refractivity contribution in [2.75, 3.05) is 25.1 Å². The molecular weight excluding hydrogens is 583 g/mol. The van der Waals surface area contributed by atoms with Crippen LogP contribution in [0.5, 0.6) is 6.01 Å². The molecular formula is C28H40ClFN6O5Si. The van der Waals surface area contributed by atoms with Gasteiger partial charge in [-0.3, -0.25) is 9.25 Å². The van der Waals surface area contributed by atoms with Gasteiger partial charge in [0.05, 0.1) is 37.1 Å². The Morgan fingerprint density at radius 1 is 1.12 bits per heavy atom. The summed E-state index contributed by atoms with van der Waals surface area (Å²) >= 11 is 6.59. The van der Waals surface area contributed by atoms with E-state index in [0.717, 1.165) is 19.3 Å². The normalized spacial score (nSPS) is 26.6. The number of aryl methyl sites for hydroxylation is 1. The van der Waals surface area contributed by atoms with Crippen molar-refractivity contribution in [2.45, 2.75) is 95.4 Å². The minimum absolute atomic E-state index is 0.0815. The molecule has 3 aliphatic heterocycles. The first-order chi connectivity index (χ1) is 19.9. The Balaban J connectivity index is 1.26. The van der Waals surface area contributed by atoms with E-state index in [9.17, 15) is 4.39 Å². The van der Waals surface area contributed by atoms with Crippen molar-refractivity contribution in [2.24, 2.45) is 7.05 Å². The third-order valence-corrected chi connectivity index (χ3v) is 13.6. The molecule has 3 aliphatic rings. The van der Waals surface area contributed by atoms with Gasteiger partial charge in [0.1, 0.15) is 35.5 Å². The molecule has 0 aliphatic carbocycles. The van der Waals surface area contributed by atoms with E-state index in [1.54, 1.807) is 13.1 Å². The lowest BCUT2D eigenvalue weighted by atomic mass is 10.1. The van der Waals surface area contributed by atoms with Crippen molar-refractivity contribution >= 4 is 36.9 Å². The number of halogens is 2. The second-order valence-electron chi connectivity index (χ2n) is 12.9. The van der Waals surface area contributed by atoms with Crippen LogP contribution in [0.15, 0.2) is 12.3 Å². The molecule has 0 amide bonds. The maximum atomic E-state index is 14.2. The van der Waals surface area contributed by atoms with Crippen LogP contribution in [0.25, 0.3) is 11.2 Å². The van der Waals surface area contributed by atoms with E-state index in [0.29, 0.717) is 47.8 Å². The molecule has 230 valence electrons. The van der Waals surface area contributed by atoms with Gasteiger partial charge in [-0.15, -0.1) is 0 Å². The lowest BCUT2D eigenvalue weighted by Crippen LogP contribution is -2.47. The zero-order chi connectivity index (χ0) is 29.8. The number of pyridine rings is 1. The molecule has 0 aromatic carbocycles. The second kappa shape index (κ2) is 11.3. The molecule has 5 atom stereocenters. The van der Waals surface area contributed by atoms with Gasteiger partial charge in [0.2, 0.25) is 0 Å². The minimum Gasteiger partial charge on any atom is -0.456 e. The highest BCUT2D eigenvalue weighted by Crippen LogP contribution is 2.41. The first kappa shape index (κ1) is 29.8. The van der Waals surface area contributed by atoms with Crippen molar-refractivity contribution < 1.29 is 27.8 Å². The van der Waals surface area contributed by atoms with E-state index in [-0.39, 0.29) is 47.9 Å². The number of imidazole rings is 1. The minimum atomic E-state index is -2.01. The molecule has 6 rings (SSSR count). The highest BCUT2D eigenvalue weighted by molar-refractivity contribution is 6.74. The maximum absolute atomic E-state index is 14.2. The van der Waals surface area contributed by atoms with Crippen LogP contribution >= 0.6 is 11.6 Å². The summed E-state index contributed by atoms with van der Waals surface area (Å²) < 4.78 is 49.3. The highest BCUT2D eigenvalue weighted by atomic mass is 35.5. The van der Waals surface area contributed by atoms with Crippen LogP contribution in [0.1, 0.15) is 52.0 Å². The average molecular weight is 623 g/mol. The van der Waals surface area contributed by atoms with Crippen molar-refractivity contribution in [3.8, 4) is 6.01 Å². The fourth-order valence-electron chi connectivity index (χ4n) is 5.49. The molecule has 0 saturated carbocycles. The molecule has 3 fully saturated rings. The maximum Gasteiger partial charge on any atom is 0.301 e. The van der Waals surface area contributed by atoms with Crippen LogP contribution in [0, 0.1) is 5.82 Å². The summed E-state index contributed by atoms with van der Waals surface area (Å²) in [5, 5.41) is 7.71. The lowest BCUT2D eigenvalue weighted by molar-refractivity contribution is -0.0406. The van der Waals surface area contributed by atoms with Crippen LogP contribution in [-0.2, 0) is 32.2 Å². The smallest absolute Gasteiger partial charge is 0.301 e. The molecule has 1 N–H and O–H groups in total. The Morgan fingerprint density at radius 2 is 1.86 bits per heavy atom. The Hall–Kier alpha value is -2.29. The van der Waals surface area contributed by atoms with E-state index < -0.39 is 14.1 Å². The van der Waals surface area contributed by atoms with Gasteiger partial charge >= 0.3 is 6.01 Å². The van der Waals surface area contributed by atoms with Gasteiger partial charge in [-0.1, -0.05) is 32.4 Å². The van der Waals surface area contributed by atoms with Crippen LogP contribution in [-0.4, -0.2) is 76.9 Å². The number of anilines is 1. The molecule has 3 saturated heterocycles. The summed E-state index contributed by atoms with van der Waals surface area (Å²) in [6.45, 7) is 12.7. The highest BCUT2D eigenvalue weighted by Gasteiger charge is 2.52. The van der Waals surface area contributed by atoms with Gasteiger partial charge in [-0.2, -0.15) is 10.1 Å². The number of aromatic nitrogens is 5. The first-order valence-corrected chi connectivity index (χ1v) is 17.9. The molecule has 6 heterocycles. The zero-order valence-electron chi connectivity index (χ0n) is 25.0. The van der Waals surface area contributed by atoms with Crippen molar-refractivity contribution in [3.05, 3.63) is 28.8 Å². The Kier molecular flexibility index (Phi) is 8.03. The van der Waals surface area contributed by atoms with Crippen molar-refractivity contribution in [1.82, 2.24) is 24.3 Å². The van der Waals surface area contributed by atoms with Crippen molar-refractivity contribution in [1.29, 1.82) is 0 Å². The molecule has 0 bridgehead atoms. The summed E-state index contributed by atoms with van der Waals surface area (Å²) in [7, 11) is -0.337. The SMILES string of the molecule is Cn1cc(F)c(CNc2nc3c(cc2Cl)nc(O[C@@H]2CO[C@@H]4C(O[Si](C)(C)C(C)(C)C)CO[C@@H]42)n3C2CCCCO2)n1. The van der Waals surface area contributed by atoms with Gasteiger partial charge in [-0.05, 0) is 43.5 Å². The number of nitrogens with one attached hydrogen (secondary N) is 1. The summed E-state index contributed by atoms with van der Waals surface area (Å²) in [6, 6.07) is 2.11. The van der Waals surface area contributed by atoms with E-state index in [1.807, 2.05) is 4.57 Å². The molecule has 3 aromatic heterocycles. The summed E-state index contributed by atoms with van der Waals surface area (Å²) in [5.74, 6) is -0.00607. The fraction of sp³-hybridized carbons (Fsp3) is 0.679. The Bertz CT molecular complexity index is 1440. The number of fused-ring (bicyclic) bond motifs is 2. The largest absolute Gasteiger partial charge is 0.456 e. The molecule has 42 heavy (non-hydrogen) atoms. The molecule has 11 nitrogen and oxygen atoms in total. The van der Waals surface area contributed by atoms with Gasteiger partial charge in [0, 0.05) is 13.7 Å². The van der Waals surface area contributed by atoms with E-state index >= 15 is 0 Å². The molecule has 14 heteroatoms. The van der Waals surface area contributed by atoms with E-state index in [1.165, 1.54) is 10.9 Å². The van der Waals surface area contributed by atoms with Gasteiger partial charge in [0.15, 0.2) is 25.9 Å². The number of nitrogens with zero attached hydrogens (tertiary/aromatic N) is 5. The quantitative estimate of drug-likeness (QED) is 0.339. The topological polar surface area (TPSA) is 107 Å². The first-order valence-electron chi connectivity index (χ1n) is 14.6. The fourth-order valence-corrected chi connectivity index (χ4v) is 7.01. The standard InChI is InChI=1S/C28H40ClFN6O5Si/c1-28(2,3)42(5,6)41-21-15-39-23-20(14-38-24(21)23)40-27-32-18-11-16(29)25(31-12-19-17(30)13-35(4)34-19)33-26(18)36(27)22-9-7-8-10-37-22/h11,13,20-24H,7-10,12,14-15H2,1-6H3,(H,31,33)/t20-,21?,22?,23-,24-/m1/s1. The third-order valence-electron chi connectivity index (χ3n) is 8.78. The number of ether oxygens (including phenoxy) is 4. The van der Waals surface area contributed by atoms with E-state index in [4.69, 9.17) is 44.9 Å². The molecule has 2 unspecified atom stereocenters. The summed E-state index contributed by atoms with van der Waals surface area (Å²) in [6.07, 6.45) is 2.82. The third kappa shape index (κ3) is 5.66. The Labute approximate surface area is 251 Å². The van der Waals surface area contributed by atoms with Crippen LogP contribution in [0.2, 0.25) is 23.2 Å². The summed E-state index contributed by atoms with van der Waals surface area (Å²) in [4.78, 5) is 9.59. The Morgan fingerprint density at radius 3 is 2.52 bits per heavy atom. The van der Waals surface area contributed by atoms with Crippen LogP contribution < -0.4 is 10.1 Å². The predicted octanol–water partition coefficient (Wildman–Crippen LogP) is 5.20. The van der Waals surface area contributed by atoms with Gasteiger partial charge in [-0.25, -0.2) is 9.37 Å². The number of rotatable bonds is 8. The van der Waals surface area contributed by atoms with Gasteiger partial charge < -0.3 is 28.7 Å². The van der Waals surface area contributed by atoms with E-state index in [2.05, 4.69) is 44.3 Å².